The van der Waals surface area contributed by atoms with Gasteiger partial charge in [0.2, 0.25) is 0 Å². The molecule has 4 rings (SSSR count). The number of rotatable bonds is 4. The predicted octanol–water partition coefficient (Wildman–Crippen LogP) is 2.78. The molecule has 3 aromatic rings. The first-order valence-electron chi connectivity index (χ1n) is 9.46. The lowest BCUT2D eigenvalue weighted by atomic mass is 9.75. The van der Waals surface area contributed by atoms with Crippen molar-refractivity contribution < 1.29 is 9.90 Å². The molecule has 28 heavy (non-hydrogen) atoms. The predicted molar refractivity (Wildman–Crippen MR) is 107 cm³/mol. The minimum absolute atomic E-state index is 0.0988. The highest BCUT2D eigenvalue weighted by molar-refractivity contribution is 5.94. The summed E-state index contributed by atoms with van der Waals surface area (Å²) in [5.41, 5.74) is 3.07. The number of hydrogen-bond donors (Lipinski definition) is 3. The second-order valence-corrected chi connectivity index (χ2v) is 7.62. The standard InChI is InChI=1S/C22H23N3O3/c1-12-7-18(21(27)24-13(12)2)22(28)25-20(15-9-17(26)10-15)16-8-14-5-3-4-6-19(14)23-11-16/h3-8,11,15,17,20,26H,9-10H2,1-2H3,(H,24,27)(H,25,28)/t15?,17?,20-/m0/s1. The van der Waals surface area contributed by atoms with Crippen molar-refractivity contribution in [3.63, 3.8) is 0 Å². The first kappa shape index (κ1) is 18.4. The number of nitrogens with one attached hydrogen (secondary N) is 2. The molecule has 0 spiro atoms. The summed E-state index contributed by atoms with van der Waals surface area (Å²) in [5.74, 6) is -0.309. The van der Waals surface area contributed by atoms with E-state index in [1.165, 1.54) is 0 Å². The average Bonchev–Trinajstić information content (AvgIpc) is 2.66. The third-order valence-corrected chi connectivity index (χ3v) is 5.62. The van der Waals surface area contributed by atoms with Crippen LogP contribution in [0, 0.1) is 19.8 Å². The molecule has 0 radical (unpaired) electrons. The topological polar surface area (TPSA) is 95.1 Å². The Balaban J connectivity index is 1.67. The van der Waals surface area contributed by atoms with E-state index >= 15 is 0 Å². The normalized spacial score (nSPS) is 19.8. The molecule has 3 N–H and O–H groups in total. The number of aryl methyl sites for hydroxylation is 2. The van der Waals surface area contributed by atoms with Gasteiger partial charge in [0.25, 0.3) is 11.5 Å². The zero-order chi connectivity index (χ0) is 19.8. The number of aliphatic hydroxyl groups is 1. The molecule has 144 valence electrons. The molecule has 2 aromatic heterocycles. The fourth-order valence-electron chi connectivity index (χ4n) is 3.75. The number of fused-ring (bicyclic) bond motifs is 1. The van der Waals surface area contributed by atoms with Crippen LogP contribution in [0.3, 0.4) is 0 Å². The van der Waals surface area contributed by atoms with E-state index in [9.17, 15) is 14.7 Å². The second kappa shape index (κ2) is 7.20. The van der Waals surface area contributed by atoms with E-state index in [2.05, 4.69) is 15.3 Å². The van der Waals surface area contributed by atoms with Crippen LogP contribution in [-0.4, -0.2) is 27.1 Å². The lowest BCUT2D eigenvalue weighted by molar-refractivity contribution is 0.0235. The van der Waals surface area contributed by atoms with Crippen molar-refractivity contribution in [3.05, 3.63) is 75.3 Å². The minimum Gasteiger partial charge on any atom is -0.393 e. The summed E-state index contributed by atoms with van der Waals surface area (Å²) in [6.07, 6.45) is 2.65. The van der Waals surface area contributed by atoms with Gasteiger partial charge in [-0.2, -0.15) is 0 Å². The molecule has 1 aromatic carbocycles. The second-order valence-electron chi connectivity index (χ2n) is 7.62. The van der Waals surface area contributed by atoms with Crippen molar-refractivity contribution in [1.82, 2.24) is 15.3 Å². The van der Waals surface area contributed by atoms with Crippen LogP contribution < -0.4 is 10.9 Å². The van der Waals surface area contributed by atoms with Crippen LogP contribution in [0.4, 0.5) is 0 Å². The molecule has 1 saturated carbocycles. The Morgan fingerprint density at radius 1 is 1.25 bits per heavy atom. The first-order chi connectivity index (χ1) is 13.4. The minimum atomic E-state index is -0.413. The fraction of sp³-hybridized carbons (Fsp3) is 0.318. The largest absolute Gasteiger partial charge is 0.393 e. The Bertz CT molecular complexity index is 1100. The Hall–Kier alpha value is -2.99. The fourth-order valence-corrected chi connectivity index (χ4v) is 3.75. The van der Waals surface area contributed by atoms with E-state index in [4.69, 9.17) is 0 Å². The monoisotopic (exact) mass is 377 g/mol. The molecule has 2 heterocycles. The summed E-state index contributed by atoms with van der Waals surface area (Å²) in [6.45, 7) is 3.66. The van der Waals surface area contributed by atoms with Crippen LogP contribution in [0.5, 0.6) is 0 Å². The number of benzene rings is 1. The zero-order valence-corrected chi connectivity index (χ0v) is 15.9. The van der Waals surface area contributed by atoms with E-state index < -0.39 is 11.5 Å². The van der Waals surface area contributed by atoms with Gasteiger partial charge in [0.05, 0.1) is 17.7 Å². The molecular weight excluding hydrogens is 354 g/mol. The van der Waals surface area contributed by atoms with Gasteiger partial charge in [0.1, 0.15) is 5.56 Å². The van der Waals surface area contributed by atoms with Crippen LogP contribution in [0.25, 0.3) is 10.9 Å². The number of pyridine rings is 2. The molecular formula is C22H23N3O3. The smallest absolute Gasteiger partial charge is 0.261 e. The number of aliphatic hydroxyl groups excluding tert-OH is 1. The van der Waals surface area contributed by atoms with Gasteiger partial charge < -0.3 is 15.4 Å². The number of carbonyl (C=O) groups excluding carboxylic acids is 1. The Labute approximate surface area is 162 Å². The van der Waals surface area contributed by atoms with Crippen molar-refractivity contribution in [2.75, 3.05) is 0 Å². The number of aromatic amines is 1. The van der Waals surface area contributed by atoms with Crippen molar-refractivity contribution in [2.24, 2.45) is 5.92 Å². The van der Waals surface area contributed by atoms with Gasteiger partial charge in [-0.25, -0.2) is 0 Å². The maximum absolute atomic E-state index is 12.9. The lowest BCUT2D eigenvalue weighted by Crippen LogP contribution is -2.42. The number of carbonyl (C=O) groups is 1. The zero-order valence-electron chi connectivity index (χ0n) is 15.9. The average molecular weight is 377 g/mol. The Morgan fingerprint density at radius 3 is 2.75 bits per heavy atom. The lowest BCUT2D eigenvalue weighted by Gasteiger charge is -2.38. The van der Waals surface area contributed by atoms with Gasteiger partial charge >= 0.3 is 0 Å². The molecule has 0 saturated heterocycles. The van der Waals surface area contributed by atoms with E-state index in [1.54, 1.807) is 19.2 Å². The van der Waals surface area contributed by atoms with E-state index in [1.807, 2.05) is 37.3 Å². The molecule has 1 aliphatic carbocycles. The third-order valence-electron chi connectivity index (χ3n) is 5.62. The highest BCUT2D eigenvalue weighted by Crippen LogP contribution is 2.38. The Morgan fingerprint density at radius 2 is 2.00 bits per heavy atom. The van der Waals surface area contributed by atoms with Gasteiger partial charge in [0, 0.05) is 17.3 Å². The van der Waals surface area contributed by atoms with Gasteiger partial charge in [-0.3, -0.25) is 14.6 Å². The van der Waals surface area contributed by atoms with Gasteiger partial charge in [0.15, 0.2) is 0 Å². The van der Waals surface area contributed by atoms with E-state index in [0.29, 0.717) is 12.8 Å². The van der Waals surface area contributed by atoms with Crippen molar-refractivity contribution >= 4 is 16.8 Å². The van der Waals surface area contributed by atoms with Gasteiger partial charge in [-0.1, -0.05) is 18.2 Å². The molecule has 6 heteroatoms. The van der Waals surface area contributed by atoms with Gasteiger partial charge in [-0.15, -0.1) is 0 Å². The quantitative estimate of drug-likeness (QED) is 0.651. The molecule has 0 bridgehead atoms. The molecule has 0 unspecified atom stereocenters. The van der Waals surface area contributed by atoms with Crippen LogP contribution in [-0.2, 0) is 0 Å². The van der Waals surface area contributed by atoms with Crippen LogP contribution in [0.2, 0.25) is 0 Å². The number of nitrogens with zero attached hydrogens (tertiary/aromatic N) is 1. The molecule has 1 amide bonds. The number of para-hydroxylation sites is 1. The molecule has 0 aliphatic heterocycles. The number of hydrogen-bond acceptors (Lipinski definition) is 4. The summed E-state index contributed by atoms with van der Waals surface area (Å²) in [6, 6.07) is 11.1. The Kier molecular flexibility index (Phi) is 4.73. The maximum atomic E-state index is 12.9. The SMILES string of the molecule is Cc1cc(C(=O)N[C@H](c2cnc3ccccc3c2)C2CC(O)C2)c(=O)[nH]c1C. The first-order valence-corrected chi connectivity index (χ1v) is 9.46. The molecule has 1 fully saturated rings. The molecule has 6 nitrogen and oxygen atoms in total. The van der Waals surface area contributed by atoms with E-state index in [0.717, 1.165) is 27.7 Å². The summed E-state index contributed by atoms with van der Waals surface area (Å²) >= 11 is 0. The maximum Gasteiger partial charge on any atom is 0.261 e. The van der Waals surface area contributed by atoms with E-state index in [-0.39, 0.29) is 23.6 Å². The summed E-state index contributed by atoms with van der Waals surface area (Å²) in [7, 11) is 0. The van der Waals surface area contributed by atoms with Crippen LogP contribution in [0.1, 0.15) is 46.1 Å². The summed E-state index contributed by atoms with van der Waals surface area (Å²) in [5, 5.41) is 13.8. The van der Waals surface area contributed by atoms with Crippen molar-refractivity contribution in [1.29, 1.82) is 0 Å². The third kappa shape index (κ3) is 3.43. The summed E-state index contributed by atoms with van der Waals surface area (Å²) in [4.78, 5) is 32.4. The van der Waals surface area contributed by atoms with Gasteiger partial charge in [-0.05, 0) is 61.9 Å². The number of aromatic nitrogens is 2. The number of H-pyrrole nitrogens is 1. The van der Waals surface area contributed by atoms with Crippen molar-refractivity contribution in [2.45, 2.75) is 38.8 Å². The van der Waals surface area contributed by atoms with Crippen LogP contribution >= 0.6 is 0 Å². The highest BCUT2D eigenvalue weighted by atomic mass is 16.3. The molecule has 1 atom stereocenters. The molecule has 1 aliphatic rings. The van der Waals surface area contributed by atoms with Crippen molar-refractivity contribution in [3.8, 4) is 0 Å². The number of amides is 1. The summed E-state index contributed by atoms with van der Waals surface area (Å²) < 4.78 is 0. The highest BCUT2D eigenvalue weighted by Gasteiger charge is 2.36. The van der Waals surface area contributed by atoms with Crippen LogP contribution in [0.15, 0.2) is 47.4 Å².